The summed E-state index contributed by atoms with van der Waals surface area (Å²) >= 11 is 1.77. The van der Waals surface area contributed by atoms with Gasteiger partial charge in [-0.05, 0) is 24.6 Å². The van der Waals surface area contributed by atoms with Crippen LogP contribution in [-0.4, -0.2) is 35.8 Å². The number of hydrogen-bond acceptors (Lipinski definition) is 4. The Morgan fingerprint density at radius 2 is 1.93 bits per heavy atom. The van der Waals surface area contributed by atoms with Gasteiger partial charge in [0.25, 0.3) is 5.91 Å². The van der Waals surface area contributed by atoms with E-state index in [1.807, 2.05) is 42.1 Å². The van der Waals surface area contributed by atoms with E-state index in [1.165, 1.54) is 10.6 Å². The molecule has 1 amide bonds. The van der Waals surface area contributed by atoms with Crippen LogP contribution in [0.1, 0.15) is 22.5 Å². The molecule has 0 bridgehead atoms. The molecule has 4 rings (SSSR count). The summed E-state index contributed by atoms with van der Waals surface area (Å²) in [5.74, 6) is 0.693. The summed E-state index contributed by atoms with van der Waals surface area (Å²) in [7, 11) is 3.98. The van der Waals surface area contributed by atoms with Crippen LogP contribution in [0.25, 0.3) is 11.3 Å². The highest BCUT2D eigenvalue weighted by Crippen LogP contribution is 2.42. The molecule has 0 aliphatic carbocycles. The first-order valence-corrected chi connectivity index (χ1v) is 10.5. The van der Waals surface area contributed by atoms with Crippen molar-refractivity contribution < 1.29 is 4.79 Å². The number of nitrogens with zero attached hydrogens (tertiary/aromatic N) is 3. The highest BCUT2D eigenvalue weighted by Gasteiger charge is 2.27. The quantitative estimate of drug-likeness (QED) is 0.646. The van der Waals surface area contributed by atoms with Crippen LogP contribution in [0.4, 0.5) is 5.69 Å². The number of hydrogen-bond donors (Lipinski definition) is 1. The number of amides is 1. The van der Waals surface area contributed by atoms with Crippen LogP contribution >= 0.6 is 11.8 Å². The number of nitrogens with one attached hydrogen (secondary N) is 1. The number of anilines is 1. The number of rotatable bonds is 6. The van der Waals surface area contributed by atoms with Crippen molar-refractivity contribution in [3.05, 3.63) is 65.9 Å². The van der Waals surface area contributed by atoms with Crippen molar-refractivity contribution in [2.24, 2.45) is 7.05 Å². The minimum atomic E-state index is -0.0841. The molecule has 2 heterocycles. The molecule has 3 aromatic rings. The summed E-state index contributed by atoms with van der Waals surface area (Å²) in [4.78, 5) is 16.2. The monoisotopic (exact) mass is 392 g/mol. The lowest BCUT2D eigenvalue weighted by Crippen LogP contribution is -2.29. The van der Waals surface area contributed by atoms with Gasteiger partial charge in [0.05, 0.1) is 5.69 Å². The molecule has 144 valence electrons. The van der Waals surface area contributed by atoms with E-state index in [0.29, 0.717) is 12.2 Å². The second kappa shape index (κ2) is 8.10. The molecule has 0 radical (unpaired) electrons. The third-order valence-corrected chi connectivity index (χ3v) is 6.13. The smallest absolute Gasteiger partial charge is 0.272 e. The molecular formula is C22H24N4OS. The molecule has 5 nitrogen and oxygen atoms in total. The Hall–Kier alpha value is -2.73. The molecule has 0 saturated heterocycles. The van der Waals surface area contributed by atoms with Crippen LogP contribution in [0.2, 0.25) is 0 Å². The first kappa shape index (κ1) is 18.6. The fourth-order valence-corrected chi connectivity index (χ4v) is 4.64. The minimum Gasteiger partial charge on any atom is -0.375 e. The van der Waals surface area contributed by atoms with Crippen molar-refractivity contribution >= 4 is 23.4 Å². The third-order valence-electron chi connectivity index (χ3n) is 5.03. The number of para-hydroxylation sites is 1. The third kappa shape index (κ3) is 3.64. The van der Waals surface area contributed by atoms with Crippen LogP contribution in [0.15, 0.2) is 59.5 Å². The summed E-state index contributed by atoms with van der Waals surface area (Å²) in [6.45, 7) is 1.51. The van der Waals surface area contributed by atoms with Crippen LogP contribution in [-0.2, 0) is 12.8 Å². The molecule has 1 aliphatic heterocycles. The van der Waals surface area contributed by atoms with E-state index >= 15 is 0 Å². The largest absolute Gasteiger partial charge is 0.375 e. The number of thioether (sulfide) groups is 1. The second-order valence-electron chi connectivity index (χ2n) is 6.95. The maximum absolute atomic E-state index is 12.7. The second-order valence-corrected chi connectivity index (χ2v) is 7.97. The average molecular weight is 393 g/mol. The van der Waals surface area contributed by atoms with Crippen LogP contribution in [0, 0.1) is 0 Å². The Morgan fingerprint density at radius 3 is 2.75 bits per heavy atom. The van der Waals surface area contributed by atoms with Crippen molar-refractivity contribution in [1.29, 1.82) is 0 Å². The Morgan fingerprint density at radius 1 is 1.18 bits per heavy atom. The SMILES string of the molecule is CN(CCCNC(=O)c1nn(C)c2c1CSc1ccccc1-2)c1ccccc1. The summed E-state index contributed by atoms with van der Waals surface area (Å²) in [5, 5.41) is 7.58. The predicted molar refractivity (Wildman–Crippen MR) is 115 cm³/mol. The number of carbonyl (C=O) groups excluding carboxylic acids is 1. The number of carbonyl (C=O) groups is 1. The number of benzene rings is 2. The minimum absolute atomic E-state index is 0.0841. The number of aryl methyl sites for hydroxylation is 1. The lowest BCUT2D eigenvalue weighted by Gasteiger charge is -2.19. The molecule has 2 aromatic carbocycles. The van der Waals surface area contributed by atoms with Crippen molar-refractivity contribution in [3.63, 3.8) is 0 Å². The number of fused-ring (bicyclic) bond motifs is 3. The normalized spacial score (nSPS) is 12.2. The predicted octanol–water partition coefficient (Wildman–Crippen LogP) is 3.95. The molecule has 0 fully saturated rings. The van der Waals surface area contributed by atoms with E-state index in [1.54, 1.807) is 11.8 Å². The summed E-state index contributed by atoms with van der Waals surface area (Å²) in [6.07, 6.45) is 0.879. The van der Waals surface area contributed by atoms with E-state index in [9.17, 15) is 4.79 Å². The van der Waals surface area contributed by atoms with Crippen molar-refractivity contribution in [1.82, 2.24) is 15.1 Å². The highest BCUT2D eigenvalue weighted by atomic mass is 32.2. The highest BCUT2D eigenvalue weighted by molar-refractivity contribution is 7.98. The molecule has 6 heteroatoms. The van der Waals surface area contributed by atoms with Gasteiger partial charge >= 0.3 is 0 Å². The van der Waals surface area contributed by atoms with E-state index in [0.717, 1.165) is 35.5 Å². The molecule has 0 spiro atoms. The standard InChI is InChI=1S/C22H24N4OS/c1-25(16-9-4-3-5-10-16)14-8-13-23-22(27)20-18-15-28-19-12-7-6-11-17(19)21(18)26(2)24-20/h3-7,9-12H,8,13-15H2,1-2H3,(H,23,27). The van der Waals surface area contributed by atoms with E-state index in [-0.39, 0.29) is 5.91 Å². The lowest BCUT2D eigenvalue weighted by molar-refractivity contribution is 0.0947. The maximum atomic E-state index is 12.7. The van der Waals surface area contributed by atoms with E-state index in [2.05, 4.69) is 46.6 Å². The van der Waals surface area contributed by atoms with Gasteiger partial charge in [-0.1, -0.05) is 36.4 Å². The summed E-state index contributed by atoms with van der Waals surface area (Å²) in [6, 6.07) is 18.6. The van der Waals surface area contributed by atoms with Crippen molar-refractivity contribution in [3.8, 4) is 11.3 Å². The van der Waals surface area contributed by atoms with Gasteiger partial charge < -0.3 is 10.2 Å². The Kier molecular flexibility index (Phi) is 5.39. The molecule has 0 atom stereocenters. The van der Waals surface area contributed by atoms with Crippen LogP contribution in [0.5, 0.6) is 0 Å². The molecule has 28 heavy (non-hydrogen) atoms. The molecule has 1 aliphatic rings. The zero-order valence-electron chi connectivity index (χ0n) is 16.2. The lowest BCUT2D eigenvalue weighted by atomic mass is 10.1. The Labute approximate surface area is 169 Å². The van der Waals surface area contributed by atoms with Gasteiger partial charge in [0.15, 0.2) is 5.69 Å². The Balaban J connectivity index is 1.39. The fourth-order valence-electron chi connectivity index (χ4n) is 3.58. The first-order chi connectivity index (χ1) is 13.6. The molecular weight excluding hydrogens is 368 g/mol. The van der Waals surface area contributed by atoms with E-state index in [4.69, 9.17) is 0 Å². The van der Waals surface area contributed by atoms with E-state index < -0.39 is 0 Å². The van der Waals surface area contributed by atoms with Crippen molar-refractivity contribution in [2.45, 2.75) is 17.1 Å². The molecule has 1 N–H and O–H groups in total. The van der Waals surface area contributed by atoms with Crippen LogP contribution in [0.3, 0.4) is 0 Å². The zero-order chi connectivity index (χ0) is 19.5. The fraction of sp³-hybridized carbons (Fsp3) is 0.273. The van der Waals surface area contributed by atoms with Gasteiger partial charge in [-0.15, -0.1) is 11.8 Å². The van der Waals surface area contributed by atoms with Gasteiger partial charge in [0.2, 0.25) is 0 Å². The average Bonchev–Trinajstić information content (AvgIpc) is 3.08. The van der Waals surface area contributed by atoms with Gasteiger partial charge in [0, 0.05) is 54.6 Å². The molecule has 0 unspecified atom stereocenters. The maximum Gasteiger partial charge on any atom is 0.272 e. The van der Waals surface area contributed by atoms with Gasteiger partial charge in [0.1, 0.15) is 0 Å². The zero-order valence-corrected chi connectivity index (χ0v) is 17.0. The van der Waals surface area contributed by atoms with Gasteiger partial charge in [-0.2, -0.15) is 5.10 Å². The van der Waals surface area contributed by atoms with Crippen LogP contribution < -0.4 is 10.2 Å². The Bertz CT molecular complexity index is 983. The molecule has 1 aromatic heterocycles. The van der Waals surface area contributed by atoms with Gasteiger partial charge in [-0.3, -0.25) is 9.48 Å². The first-order valence-electron chi connectivity index (χ1n) is 9.47. The number of aromatic nitrogens is 2. The summed E-state index contributed by atoms with van der Waals surface area (Å²) < 4.78 is 1.84. The molecule has 0 saturated carbocycles. The summed E-state index contributed by atoms with van der Waals surface area (Å²) in [5.41, 5.74) is 4.99. The van der Waals surface area contributed by atoms with Crippen molar-refractivity contribution in [2.75, 3.05) is 25.0 Å². The topological polar surface area (TPSA) is 50.2 Å². The van der Waals surface area contributed by atoms with Gasteiger partial charge in [-0.25, -0.2) is 0 Å².